The Morgan fingerprint density at radius 3 is 2.44 bits per heavy atom. The van der Waals surface area contributed by atoms with Crippen LogP contribution in [-0.4, -0.2) is 34.3 Å². The number of alkyl carbamates (subject to hydrolysis) is 1. The Balaban J connectivity index is 2.10. The van der Waals surface area contributed by atoms with Gasteiger partial charge >= 0.3 is 12.1 Å². The summed E-state index contributed by atoms with van der Waals surface area (Å²) in [6, 6.07) is 5.59. The number of aromatic nitrogens is 1. The number of amides is 1. The quantitative estimate of drug-likeness (QED) is 0.770. The molecule has 0 saturated heterocycles. The number of carboxylic acids is 1. The molecule has 0 saturated carbocycles. The van der Waals surface area contributed by atoms with Gasteiger partial charge in [0.25, 0.3) is 0 Å². The molecule has 0 fully saturated rings. The van der Waals surface area contributed by atoms with E-state index in [0.717, 1.165) is 0 Å². The maximum absolute atomic E-state index is 13.1. The topological polar surface area (TPSA) is 91.4 Å². The van der Waals surface area contributed by atoms with Crippen molar-refractivity contribution in [3.05, 3.63) is 47.5 Å². The molecule has 1 heterocycles. The summed E-state index contributed by atoms with van der Waals surface area (Å²) in [5.74, 6) is -1.48. The SMILES string of the molecule is CC(C)(C)OC(=O)NCCc1[nH]cc(-c2ccc(F)cc2)c1C(=O)O. The molecule has 134 valence electrons. The lowest BCUT2D eigenvalue weighted by molar-refractivity contribution is 0.0528. The Kier molecular flexibility index (Phi) is 5.46. The van der Waals surface area contributed by atoms with Crippen LogP contribution in [0.15, 0.2) is 30.5 Å². The number of rotatable bonds is 5. The number of halogens is 1. The van der Waals surface area contributed by atoms with Crippen LogP contribution in [0.25, 0.3) is 11.1 Å². The summed E-state index contributed by atoms with van der Waals surface area (Å²) in [4.78, 5) is 26.2. The molecule has 2 rings (SSSR count). The van der Waals surface area contributed by atoms with Crippen LogP contribution >= 0.6 is 0 Å². The van der Waals surface area contributed by atoms with Crippen molar-refractivity contribution in [2.45, 2.75) is 32.8 Å². The van der Waals surface area contributed by atoms with Crippen LogP contribution in [0.1, 0.15) is 36.8 Å². The van der Waals surface area contributed by atoms with Gasteiger partial charge in [0, 0.05) is 30.4 Å². The normalized spacial score (nSPS) is 11.2. The predicted octanol–water partition coefficient (Wildman–Crippen LogP) is 3.59. The number of aromatic amines is 1. The Morgan fingerprint density at radius 2 is 1.88 bits per heavy atom. The molecule has 0 radical (unpaired) electrons. The molecule has 0 atom stereocenters. The minimum Gasteiger partial charge on any atom is -0.478 e. The van der Waals surface area contributed by atoms with Crippen LogP contribution in [0.5, 0.6) is 0 Å². The minimum atomic E-state index is -1.09. The van der Waals surface area contributed by atoms with Gasteiger partial charge in [-0.3, -0.25) is 0 Å². The van der Waals surface area contributed by atoms with E-state index >= 15 is 0 Å². The summed E-state index contributed by atoms with van der Waals surface area (Å²) in [5, 5.41) is 12.1. The van der Waals surface area contributed by atoms with Gasteiger partial charge in [0.2, 0.25) is 0 Å². The molecule has 2 aromatic rings. The van der Waals surface area contributed by atoms with Crippen molar-refractivity contribution < 1.29 is 23.8 Å². The first kappa shape index (κ1) is 18.5. The van der Waals surface area contributed by atoms with Crippen molar-refractivity contribution in [1.82, 2.24) is 10.3 Å². The molecule has 0 unspecified atom stereocenters. The van der Waals surface area contributed by atoms with Crippen molar-refractivity contribution in [2.75, 3.05) is 6.54 Å². The maximum atomic E-state index is 13.1. The van der Waals surface area contributed by atoms with Crippen LogP contribution in [0.4, 0.5) is 9.18 Å². The number of carboxylic acid groups (broad SMARTS) is 1. The fraction of sp³-hybridized carbons (Fsp3) is 0.333. The van der Waals surface area contributed by atoms with Gasteiger partial charge in [-0.05, 0) is 38.5 Å². The molecule has 0 aliphatic heterocycles. The standard InChI is InChI=1S/C18H21FN2O4/c1-18(2,3)25-17(24)20-9-8-14-15(16(22)23)13(10-21-14)11-4-6-12(19)7-5-11/h4-7,10,21H,8-9H2,1-3H3,(H,20,24)(H,22,23). The molecule has 25 heavy (non-hydrogen) atoms. The van der Waals surface area contributed by atoms with Crippen molar-refractivity contribution in [2.24, 2.45) is 0 Å². The van der Waals surface area contributed by atoms with Crippen molar-refractivity contribution in [3.8, 4) is 11.1 Å². The van der Waals surface area contributed by atoms with E-state index in [0.29, 0.717) is 23.2 Å². The van der Waals surface area contributed by atoms with E-state index < -0.39 is 23.5 Å². The molecule has 1 amide bonds. The third-order valence-corrected chi connectivity index (χ3v) is 3.37. The van der Waals surface area contributed by atoms with Crippen LogP contribution in [-0.2, 0) is 11.2 Å². The predicted molar refractivity (Wildman–Crippen MR) is 91.1 cm³/mol. The Labute approximate surface area is 145 Å². The summed E-state index contributed by atoms with van der Waals surface area (Å²) < 4.78 is 18.2. The molecule has 3 N–H and O–H groups in total. The van der Waals surface area contributed by atoms with Crippen molar-refractivity contribution in [3.63, 3.8) is 0 Å². The average Bonchev–Trinajstić information content (AvgIpc) is 2.90. The highest BCUT2D eigenvalue weighted by Crippen LogP contribution is 2.27. The van der Waals surface area contributed by atoms with Gasteiger partial charge in [-0.1, -0.05) is 12.1 Å². The first-order chi connectivity index (χ1) is 11.7. The molecule has 0 aliphatic carbocycles. The number of hydrogen-bond acceptors (Lipinski definition) is 3. The zero-order chi connectivity index (χ0) is 18.6. The van der Waals surface area contributed by atoms with Gasteiger partial charge in [-0.15, -0.1) is 0 Å². The molecule has 0 bridgehead atoms. The molecule has 0 aliphatic rings. The number of ether oxygens (including phenoxy) is 1. The number of carbonyl (C=O) groups is 2. The first-order valence-corrected chi connectivity index (χ1v) is 7.83. The van der Waals surface area contributed by atoms with Gasteiger partial charge in [0.1, 0.15) is 11.4 Å². The summed E-state index contributed by atoms with van der Waals surface area (Å²) in [7, 11) is 0. The summed E-state index contributed by atoms with van der Waals surface area (Å²) >= 11 is 0. The summed E-state index contributed by atoms with van der Waals surface area (Å²) in [5.41, 5.74) is 1.06. The zero-order valence-electron chi connectivity index (χ0n) is 14.4. The monoisotopic (exact) mass is 348 g/mol. The van der Waals surface area contributed by atoms with Gasteiger partial charge < -0.3 is 20.1 Å². The van der Waals surface area contributed by atoms with Gasteiger partial charge in [-0.2, -0.15) is 0 Å². The molecule has 0 spiro atoms. The van der Waals surface area contributed by atoms with Crippen LogP contribution < -0.4 is 5.32 Å². The van der Waals surface area contributed by atoms with Gasteiger partial charge in [0.05, 0.1) is 5.56 Å². The largest absolute Gasteiger partial charge is 0.478 e. The lowest BCUT2D eigenvalue weighted by Crippen LogP contribution is -2.33. The van der Waals surface area contributed by atoms with E-state index in [-0.39, 0.29) is 12.1 Å². The Bertz CT molecular complexity index is 760. The molecule has 1 aromatic carbocycles. The highest BCUT2D eigenvalue weighted by atomic mass is 19.1. The van der Waals surface area contributed by atoms with E-state index in [9.17, 15) is 19.1 Å². The molecule has 7 heteroatoms. The van der Waals surface area contributed by atoms with E-state index in [1.165, 1.54) is 24.3 Å². The molecular formula is C18H21FN2O4. The van der Waals surface area contributed by atoms with Gasteiger partial charge in [0.15, 0.2) is 0 Å². The molecule has 1 aromatic heterocycles. The average molecular weight is 348 g/mol. The number of carbonyl (C=O) groups excluding carboxylic acids is 1. The smallest absolute Gasteiger partial charge is 0.407 e. The van der Waals surface area contributed by atoms with Crippen LogP contribution in [0.3, 0.4) is 0 Å². The lowest BCUT2D eigenvalue weighted by Gasteiger charge is -2.19. The Hall–Kier alpha value is -2.83. The third-order valence-electron chi connectivity index (χ3n) is 3.37. The number of hydrogen-bond donors (Lipinski definition) is 3. The van der Waals surface area contributed by atoms with E-state index in [2.05, 4.69) is 10.3 Å². The zero-order valence-corrected chi connectivity index (χ0v) is 14.4. The summed E-state index contributed by atoms with van der Waals surface area (Å²) in [6.45, 7) is 5.50. The van der Waals surface area contributed by atoms with Crippen LogP contribution in [0, 0.1) is 5.82 Å². The second-order valence-electron chi connectivity index (χ2n) is 6.55. The van der Waals surface area contributed by atoms with Crippen LogP contribution in [0.2, 0.25) is 0 Å². The number of H-pyrrole nitrogens is 1. The third kappa shape index (κ3) is 5.07. The molecular weight excluding hydrogens is 327 g/mol. The van der Waals surface area contributed by atoms with E-state index in [1.807, 2.05) is 0 Å². The van der Waals surface area contributed by atoms with Gasteiger partial charge in [-0.25, -0.2) is 14.0 Å². The Morgan fingerprint density at radius 1 is 1.24 bits per heavy atom. The first-order valence-electron chi connectivity index (χ1n) is 7.83. The highest BCUT2D eigenvalue weighted by Gasteiger charge is 2.20. The summed E-state index contributed by atoms with van der Waals surface area (Å²) in [6.07, 6.45) is 1.30. The maximum Gasteiger partial charge on any atom is 0.407 e. The van der Waals surface area contributed by atoms with Crippen molar-refractivity contribution >= 4 is 12.1 Å². The molecule has 6 nitrogen and oxygen atoms in total. The second kappa shape index (κ2) is 7.38. The number of nitrogens with one attached hydrogen (secondary N) is 2. The number of aromatic carboxylic acids is 1. The number of benzene rings is 1. The van der Waals surface area contributed by atoms with Crippen molar-refractivity contribution in [1.29, 1.82) is 0 Å². The fourth-order valence-corrected chi connectivity index (χ4v) is 2.37. The minimum absolute atomic E-state index is 0.109. The van der Waals surface area contributed by atoms with E-state index in [4.69, 9.17) is 4.74 Å². The van der Waals surface area contributed by atoms with E-state index in [1.54, 1.807) is 27.0 Å². The lowest BCUT2D eigenvalue weighted by atomic mass is 10.0. The second-order valence-corrected chi connectivity index (χ2v) is 6.55. The fourth-order valence-electron chi connectivity index (χ4n) is 2.37. The highest BCUT2D eigenvalue weighted by molar-refractivity contribution is 5.97.